The molecule has 0 radical (unpaired) electrons. The van der Waals surface area contributed by atoms with Crippen molar-refractivity contribution in [2.45, 2.75) is 50.8 Å². The molecule has 2 heterocycles. The Bertz CT molecular complexity index is 614. The molecule has 0 N–H and O–H groups in total. The van der Waals surface area contributed by atoms with Gasteiger partial charge in [-0.15, -0.1) is 11.6 Å². The van der Waals surface area contributed by atoms with E-state index in [1.807, 2.05) is 6.92 Å². The Kier molecular flexibility index (Phi) is 4.97. The number of aryl methyl sites for hydroxylation is 2. The maximum Gasteiger partial charge on any atom is 0.246 e. The summed E-state index contributed by atoms with van der Waals surface area (Å²) in [6.07, 6.45) is 0.619. The lowest BCUT2D eigenvalue weighted by molar-refractivity contribution is 0.102. The van der Waals surface area contributed by atoms with Crippen LogP contribution < -0.4 is 0 Å². The highest BCUT2D eigenvalue weighted by atomic mass is 35.5. The van der Waals surface area contributed by atoms with E-state index in [9.17, 15) is 8.42 Å². The summed E-state index contributed by atoms with van der Waals surface area (Å²) in [4.78, 5) is 0.286. The van der Waals surface area contributed by atoms with Crippen molar-refractivity contribution in [1.82, 2.24) is 14.1 Å². The first-order valence-corrected chi connectivity index (χ1v) is 8.97. The molecule has 2 unspecified atom stereocenters. The standard InChI is InChI=1S/C13H22ClN3O3S/c1-9-13(10(2)17(15-9)7-6-14)21(18,19)16(4)12-5-8-20-11(12)3/h11-12H,5-8H2,1-4H3. The number of rotatable bonds is 5. The summed E-state index contributed by atoms with van der Waals surface area (Å²) in [5.41, 5.74) is 1.14. The Morgan fingerprint density at radius 2 is 2.14 bits per heavy atom. The number of ether oxygens (including phenoxy) is 1. The molecule has 0 aliphatic carbocycles. The first-order chi connectivity index (χ1) is 9.80. The van der Waals surface area contributed by atoms with Crippen LogP contribution in [0, 0.1) is 13.8 Å². The normalized spacial score (nSPS) is 23.1. The van der Waals surface area contributed by atoms with Crippen LogP contribution in [0.1, 0.15) is 24.7 Å². The highest BCUT2D eigenvalue weighted by Crippen LogP contribution is 2.28. The number of nitrogens with zero attached hydrogens (tertiary/aromatic N) is 3. The topological polar surface area (TPSA) is 64.4 Å². The molecule has 1 aromatic heterocycles. The average Bonchev–Trinajstić information content (AvgIpc) is 2.94. The van der Waals surface area contributed by atoms with Gasteiger partial charge in [0.2, 0.25) is 10.0 Å². The number of aromatic nitrogens is 2. The third-order valence-electron chi connectivity index (χ3n) is 4.05. The molecule has 0 spiro atoms. The minimum atomic E-state index is -3.59. The quantitative estimate of drug-likeness (QED) is 0.766. The van der Waals surface area contributed by atoms with E-state index in [2.05, 4.69) is 5.10 Å². The Labute approximate surface area is 131 Å². The maximum atomic E-state index is 12.9. The molecule has 120 valence electrons. The van der Waals surface area contributed by atoms with Crippen molar-refractivity contribution in [2.75, 3.05) is 19.5 Å². The highest BCUT2D eigenvalue weighted by molar-refractivity contribution is 7.89. The largest absolute Gasteiger partial charge is 0.377 e. The van der Waals surface area contributed by atoms with Crippen molar-refractivity contribution in [3.63, 3.8) is 0 Å². The molecule has 0 aromatic carbocycles. The fourth-order valence-electron chi connectivity index (χ4n) is 2.87. The van der Waals surface area contributed by atoms with E-state index >= 15 is 0 Å². The molecular weight excluding hydrogens is 314 g/mol. The molecule has 1 aliphatic heterocycles. The van der Waals surface area contributed by atoms with E-state index in [0.717, 1.165) is 0 Å². The SMILES string of the molecule is Cc1nn(CCCl)c(C)c1S(=O)(=O)N(C)C1CCOC1C. The third-order valence-corrected chi connectivity index (χ3v) is 6.36. The molecule has 1 aliphatic rings. The zero-order valence-corrected chi connectivity index (χ0v) is 14.4. The molecule has 0 amide bonds. The predicted octanol–water partition coefficient (Wildman–Crippen LogP) is 1.54. The predicted molar refractivity (Wildman–Crippen MR) is 81.2 cm³/mol. The van der Waals surface area contributed by atoms with Crippen LogP contribution in [0.5, 0.6) is 0 Å². The zero-order chi connectivity index (χ0) is 15.8. The fraction of sp³-hybridized carbons (Fsp3) is 0.769. The van der Waals surface area contributed by atoms with Crippen LogP contribution in [0.3, 0.4) is 0 Å². The second kappa shape index (κ2) is 6.24. The summed E-state index contributed by atoms with van der Waals surface area (Å²) in [5, 5.41) is 4.29. The van der Waals surface area contributed by atoms with Gasteiger partial charge in [0, 0.05) is 19.5 Å². The lowest BCUT2D eigenvalue weighted by Crippen LogP contribution is -2.41. The van der Waals surface area contributed by atoms with Gasteiger partial charge in [0.05, 0.1) is 30.1 Å². The molecule has 6 nitrogen and oxygen atoms in total. The van der Waals surface area contributed by atoms with Crippen LogP contribution in [0.2, 0.25) is 0 Å². The van der Waals surface area contributed by atoms with Gasteiger partial charge in [0.25, 0.3) is 0 Å². The number of halogens is 1. The smallest absolute Gasteiger partial charge is 0.246 e. The van der Waals surface area contributed by atoms with E-state index in [1.165, 1.54) is 4.31 Å². The second-order valence-corrected chi connectivity index (χ2v) is 7.68. The number of sulfonamides is 1. The molecule has 2 rings (SSSR count). The molecule has 21 heavy (non-hydrogen) atoms. The third kappa shape index (κ3) is 2.97. The van der Waals surface area contributed by atoms with E-state index in [-0.39, 0.29) is 17.0 Å². The van der Waals surface area contributed by atoms with Crippen molar-refractivity contribution in [3.05, 3.63) is 11.4 Å². The van der Waals surface area contributed by atoms with E-state index in [0.29, 0.717) is 36.8 Å². The van der Waals surface area contributed by atoms with Crippen molar-refractivity contribution in [2.24, 2.45) is 0 Å². The Hall–Kier alpha value is -0.630. The van der Waals surface area contributed by atoms with Crippen LogP contribution in [-0.2, 0) is 21.3 Å². The minimum absolute atomic E-state index is 0.0942. The fourth-order valence-corrected chi connectivity index (χ4v) is 4.85. The van der Waals surface area contributed by atoms with E-state index in [1.54, 1.807) is 25.6 Å². The molecule has 1 aromatic rings. The maximum absolute atomic E-state index is 12.9. The van der Waals surface area contributed by atoms with E-state index in [4.69, 9.17) is 16.3 Å². The Morgan fingerprint density at radius 1 is 1.48 bits per heavy atom. The summed E-state index contributed by atoms with van der Waals surface area (Å²) in [7, 11) is -1.97. The van der Waals surface area contributed by atoms with Gasteiger partial charge < -0.3 is 4.74 Å². The van der Waals surface area contributed by atoms with Gasteiger partial charge in [-0.3, -0.25) is 4.68 Å². The average molecular weight is 336 g/mol. The van der Waals surface area contributed by atoms with Gasteiger partial charge in [-0.05, 0) is 27.2 Å². The summed E-state index contributed by atoms with van der Waals surface area (Å²) in [5.74, 6) is 0.394. The van der Waals surface area contributed by atoms with Gasteiger partial charge in [-0.2, -0.15) is 9.40 Å². The van der Waals surface area contributed by atoms with Gasteiger partial charge in [-0.25, -0.2) is 8.42 Å². The number of alkyl halides is 1. The first-order valence-electron chi connectivity index (χ1n) is 7.00. The van der Waals surface area contributed by atoms with E-state index < -0.39 is 10.0 Å². The van der Waals surface area contributed by atoms with Crippen molar-refractivity contribution in [3.8, 4) is 0 Å². The molecule has 0 bridgehead atoms. The summed E-state index contributed by atoms with van der Waals surface area (Å²) in [6.45, 7) is 6.47. The van der Waals surface area contributed by atoms with Crippen LogP contribution in [-0.4, -0.2) is 54.2 Å². The monoisotopic (exact) mass is 335 g/mol. The van der Waals surface area contributed by atoms with Gasteiger partial charge in [0.1, 0.15) is 4.90 Å². The summed E-state index contributed by atoms with van der Waals surface area (Å²) in [6, 6.07) is -0.134. The van der Waals surface area contributed by atoms with Crippen molar-refractivity contribution >= 4 is 21.6 Å². The zero-order valence-electron chi connectivity index (χ0n) is 12.8. The van der Waals surface area contributed by atoms with Crippen LogP contribution in [0.4, 0.5) is 0 Å². The van der Waals surface area contributed by atoms with Gasteiger partial charge in [-0.1, -0.05) is 0 Å². The van der Waals surface area contributed by atoms with Gasteiger partial charge >= 0.3 is 0 Å². The summed E-state index contributed by atoms with van der Waals surface area (Å²) >= 11 is 5.73. The second-order valence-electron chi connectivity index (χ2n) is 5.37. The summed E-state index contributed by atoms with van der Waals surface area (Å²) < 4.78 is 34.4. The number of hydrogen-bond acceptors (Lipinski definition) is 4. The van der Waals surface area contributed by atoms with Crippen LogP contribution in [0.25, 0.3) is 0 Å². The van der Waals surface area contributed by atoms with Crippen LogP contribution >= 0.6 is 11.6 Å². The molecular formula is C13H22ClN3O3S. The van der Waals surface area contributed by atoms with Crippen molar-refractivity contribution < 1.29 is 13.2 Å². The molecule has 1 fully saturated rings. The first kappa shape index (κ1) is 16.7. The number of likely N-dealkylation sites (N-methyl/N-ethyl adjacent to an activating group) is 1. The lowest BCUT2D eigenvalue weighted by Gasteiger charge is -2.26. The molecule has 1 saturated heterocycles. The molecule has 8 heteroatoms. The Morgan fingerprint density at radius 3 is 2.67 bits per heavy atom. The Balaban J connectivity index is 2.39. The lowest BCUT2D eigenvalue weighted by atomic mass is 10.2. The number of hydrogen-bond donors (Lipinski definition) is 0. The van der Waals surface area contributed by atoms with Gasteiger partial charge in [0.15, 0.2) is 0 Å². The molecule has 2 atom stereocenters. The minimum Gasteiger partial charge on any atom is -0.377 e. The van der Waals surface area contributed by atoms with Crippen LogP contribution in [0.15, 0.2) is 4.90 Å². The molecule has 0 saturated carbocycles. The van der Waals surface area contributed by atoms with Crippen molar-refractivity contribution in [1.29, 1.82) is 0 Å². The highest BCUT2D eigenvalue weighted by Gasteiger charge is 2.37.